The third-order valence-corrected chi connectivity index (χ3v) is 6.26. The maximum Gasteiger partial charge on any atom is 0.306 e. The van der Waals surface area contributed by atoms with E-state index in [1.807, 2.05) is 21.1 Å². The highest BCUT2D eigenvalue weighted by molar-refractivity contribution is 5.90. The van der Waals surface area contributed by atoms with Crippen molar-refractivity contribution >= 4 is 11.8 Å². The molecule has 0 radical (unpaired) electrons. The molecule has 0 fully saturated rings. The summed E-state index contributed by atoms with van der Waals surface area (Å²) >= 11 is 0. The van der Waals surface area contributed by atoms with E-state index < -0.39 is 18.0 Å². The van der Waals surface area contributed by atoms with E-state index in [2.05, 4.69) is 0 Å². The number of Topliss-reactive ketones (excluding diaryl/α,β-unsaturated/α-hetero) is 1. The van der Waals surface area contributed by atoms with Gasteiger partial charge in [0.15, 0.2) is 11.4 Å². The number of ketones is 1. The Morgan fingerprint density at radius 1 is 0.636 bits per heavy atom. The van der Waals surface area contributed by atoms with Crippen molar-refractivity contribution in [2.45, 2.75) is 128 Å². The first-order valence-electron chi connectivity index (χ1n) is 13.5. The Balaban J connectivity index is 3.62. The van der Waals surface area contributed by atoms with Crippen molar-refractivity contribution in [3.63, 3.8) is 0 Å². The molecular weight excluding hydrogens is 418 g/mol. The first kappa shape index (κ1) is 32.0. The summed E-state index contributed by atoms with van der Waals surface area (Å²) in [6.45, 7) is 0.448. The molecule has 0 aliphatic rings. The van der Waals surface area contributed by atoms with Crippen molar-refractivity contribution in [3.05, 3.63) is 0 Å². The van der Waals surface area contributed by atoms with Gasteiger partial charge in [0.25, 0.3) is 0 Å². The van der Waals surface area contributed by atoms with Crippen LogP contribution in [0, 0.1) is 0 Å². The summed E-state index contributed by atoms with van der Waals surface area (Å²) in [5.74, 6) is -1.47. The van der Waals surface area contributed by atoms with Gasteiger partial charge in [0.1, 0.15) is 6.54 Å². The second-order valence-corrected chi connectivity index (χ2v) is 11.0. The summed E-state index contributed by atoms with van der Waals surface area (Å²) in [7, 11) is 5.55. The van der Waals surface area contributed by atoms with E-state index in [4.69, 9.17) is 10.2 Å². The molecule has 0 bridgehead atoms. The monoisotopic (exact) mass is 472 g/mol. The average molecular weight is 473 g/mol. The van der Waals surface area contributed by atoms with E-state index in [0.29, 0.717) is 11.1 Å². The predicted molar refractivity (Wildman–Crippen MR) is 135 cm³/mol. The molecule has 0 aromatic carbocycles. The number of carbonyl (C=O) groups excluding carboxylic acids is 1. The van der Waals surface area contributed by atoms with Crippen LogP contribution in [0.3, 0.4) is 0 Å². The Kier molecular flexibility index (Phi) is 18.8. The SMILES string of the molecule is C[N+](C)(C)CC(O)(CC(=O)O)C(=O)CCCCCCCCCCCCCCCCCCCO. The van der Waals surface area contributed by atoms with E-state index in [1.54, 1.807) is 0 Å². The lowest BCUT2D eigenvalue weighted by molar-refractivity contribution is -0.875. The Hall–Kier alpha value is -0.980. The third kappa shape index (κ3) is 20.1. The predicted octanol–water partition coefficient (Wildman–Crippen LogP) is 5.48. The standard InChI is InChI=1S/C27H53NO5/c1-28(2,3)24-27(33,23-26(31)32)25(30)21-19-17-15-13-11-9-7-5-4-6-8-10-12-14-16-18-20-22-29/h29,33H,4-24H2,1-3H3/p+1. The first-order valence-corrected chi connectivity index (χ1v) is 13.5. The van der Waals surface area contributed by atoms with Gasteiger partial charge in [0.2, 0.25) is 0 Å². The van der Waals surface area contributed by atoms with Gasteiger partial charge in [-0.05, 0) is 12.8 Å². The largest absolute Gasteiger partial charge is 0.481 e. The summed E-state index contributed by atoms with van der Waals surface area (Å²) < 4.78 is 0.349. The van der Waals surface area contributed by atoms with Crippen LogP contribution in [0.5, 0.6) is 0 Å². The molecule has 0 spiro atoms. The molecule has 6 nitrogen and oxygen atoms in total. The molecule has 0 amide bonds. The van der Waals surface area contributed by atoms with Gasteiger partial charge < -0.3 is 19.8 Å². The summed E-state index contributed by atoms with van der Waals surface area (Å²) in [6, 6.07) is 0. The minimum absolute atomic E-state index is 0.115. The maximum absolute atomic E-state index is 12.5. The first-order chi connectivity index (χ1) is 15.6. The molecule has 0 rings (SSSR count). The van der Waals surface area contributed by atoms with Gasteiger partial charge in [-0.2, -0.15) is 0 Å². The van der Waals surface area contributed by atoms with Crippen molar-refractivity contribution in [2.24, 2.45) is 0 Å². The van der Waals surface area contributed by atoms with Crippen LogP contribution in [0.2, 0.25) is 0 Å². The Morgan fingerprint density at radius 3 is 1.27 bits per heavy atom. The van der Waals surface area contributed by atoms with E-state index in [9.17, 15) is 14.7 Å². The molecule has 196 valence electrons. The number of hydrogen-bond donors (Lipinski definition) is 3. The molecule has 6 heteroatoms. The number of hydrogen-bond acceptors (Lipinski definition) is 4. The number of aliphatic hydroxyl groups is 2. The highest BCUT2D eigenvalue weighted by Crippen LogP contribution is 2.20. The van der Waals surface area contributed by atoms with Crippen molar-refractivity contribution in [1.29, 1.82) is 0 Å². The summed E-state index contributed by atoms with van der Waals surface area (Å²) in [5, 5.41) is 28.5. The van der Waals surface area contributed by atoms with E-state index in [-0.39, 0.29) is 18.7 Å². The molecule has 0 aromatic rings. The van der Waals surface area contributed by atoms with Crippen LogP contribution < -0.4 is 0 Å². The highest BCUT2D eigenvalue weighted by atomic mass is 16.4. The minimum Gasteiger partial charge on any atom is -0.481 e. The Bertz CT molecular complexity index is 503. The van der Waals surface area contributed by atoms with Crippen LogP contribution in [0.1, 0.15) is 122 Å². The topological polar surface area (TPSA) is 94.8 Å². The number of carboxylic acid groups (broad SMARTS) is 1. The normalized spacial score (nSPS) is 13.7. The van der Waals surface area contributed by atoms with Gasteiger partial charge in [-0.1, -0.05) is 96.3 Å². The number of aliphatic carboxylic acids is 1. The molecule has 0 aliphatic carbocycles. The summed E-state index contributed by atoms with van der Waals surface area (Å²) in [5.41, 5.74) is -1.77. The minimum atomic E-state index is -1.77. The lowest BCUT2D eigenvalue weighted by atomic mass is 9.89. The number of carbonyl (C=O) groups is 2. The molecule has 0 aliphatic heterocycles. The molecular formula is C27H54NO5+. The van der Waals surface area contributed by atoms with Crippen LogP contribution in [0.25, 0.3) is 0 Å². The van der Waals surface area contributed by atoms with Gasteiger partial charge in [-0.3, -0.25) is 9.59 Å². The quantitative estimate of drug-likeness (QED) is 0.128. The molecule has 3 N–H and O–H groups in total. The molecule has 0 saturated carbocycles. The van der Waals surface area contributed by atoms with Crippen LogP contribution in [-0.2, 0) is 9.59 Å². The zero-order chi connectivity index (χ0) is 25.0. The number of quaternary nitrogens is 1. The number of nitrogens with zero attached hydrogens (tertiary/aromatic N) is 1. The zero-order valence-corrected chi connectivity index (χ0v) is 22.0. The van der Waals surface area contributed by atoms with Gasteiger partial charge in [0, 0.05) is 13.0 Å². The summed E-state index contributed by atoms with van der Waals surface area (Å²) in [4.78, 5) is 23.6. The van der Waals surface area contributed by atoms with Crippen molar-refractivity contribution in [3.8, 4) is 0 Å². The fourth-order valence-electron chi connectivity index (χ4n) is 4.56. The zero-order valence-electron chi connectivity index (χ0n) is 22.0. The third-order valence-electron chi connectivity index (χ3n) is 6.26. The molecule has 1 atom stereocenters. The molecule has 1 unspecified atom stereocenters. The van der Waals surface area contributed by atoms with Gasteiger partial charge in [-0.15, -0.1) is 0 Å². The van der Waals surface area contributed by atoms with Crippen LogP contribution in [0.4, 0.5) is 0 Å². The van der Waals surface area contributed by atoms with Crippen molar-refractivity contribution in [2.75, 3.05) is 34.3 Å². The lowest BCUT2D eigenvalue weighted by Gasteiger charge is -2.33. The highest BCUT2D eigenvalue weighted by Gasteiger charge is 2.42. The fourth-order valence-corrected chi connectivity index (χ4v) is 4.56. The number of likely N-dealkylation sites (N-methyl/N-ethyl adjacent to an activating group) is 1. The maximum atomic E-state index is 12.5. The second kappa shape index (κ2) is 19.3. The second-order valence-electron chi connectivity index (χ2n) is 11.0. The van der Waals surface area contributed by atoms with Crippen molar-refractivity contribution in [1.82, 2.24) is 0 Å². The molecule has 0 heterocycles. The van der Waals surface area contributed by atoms with E-state index in [0.717, 1.165) is 25.7 Å². The van der Waals surface area contributed by atoms with Crippen LogP contribution in [-0.4, -0.2) is 71.5 Å². The van der Waals surface area contributed by atoms with Gasteiger partial charge in [0.05, 0.1) is 27.6 Å². The average Bonchev–Trinajstić information content (AvgIpc) is 2.70. The van der Waals surface area contributed by atoms with Crippen molar-refractivity contribution < 1.29 is 29.4 Å². The number of aliphatic hydroxyl groups excluding tert-OH is 1. The number of unbranched alkanes of at least 4 members (excludes halogenated alkanes) is 16. The smallest absolute Gasteiger partial charge is 0.306 e. The Labute approximate surface area is 203 Å². The molecule has 0 aromatic heterocycles. The van der Waals surface area contributed by atoms with E-state index >= 15 is 0 Å². The molecule has 33 heavy (non-hydrogen) atoms. The lowest BCUT2D eigenvalue weighted by Crippen LogP contribution is -2.54. The Morgan fingerprint density at radius 2 is 0.970 bits per heavy atom. The molecule has 0 saturated heterocycles. The van der Waals surface area contributed by atoms with Gasteiger partial charge >= 0.3 is 5.97 Å². The number of carboxylic acids is 1. The summed E-state index contributed by atoms with van der Waals surface area (Å²) in [6.07, 6.45) is 20.3. The van der Waals surface area contributed by atoms with E-state index in [1.165, 1.54) is 83.5 Å². The van der Waals surface area contributed by atoms with Crippen LogP contribution >= 0.6 is 0 Å². The van der Waals surface area contributed by atoms with Gasteiger partial charge in [-0.25, -0.2) is 0 Å². The van der Waals surface area contributed by atoms with Crippen LogP contribution in [0.15, 0.2) is 0 Å². The fraction of sp³-hybridized carbons (Fsp3) is 0.926. The number of rotatable bonds is 24.